The minimum absolute atomic E-state index is 0. The summed E-state index contributed by atoms with van der Waals surface area (Å²) in [6.07, 6.45) is 0. The minimum atomic E-state index is -0.289. The topological polar surface area (TPSA) is 26.3 Å². The fourth-order valence-electron chi connectivity index (χ4n) is 0.913. The van der Waals surface area contributed by atoms with E-state index in [0.717, 1.165) is 22.9 Å². The number of hydrogen-bond donors (Lipinski definition) is 0. The number of rotatable bonds is 2. The van der Waals surface area contributed by atoms with Crippen molar-refractivity contribution in [2.24, 2.45) is 0 Å². The molecule has 0 unspecified atom stereocenters. The normalized spacial score (nSPS) is 7.50. The Morgan fingerprint density at radius 2 is 2.06 bits per heavy atom. The summed E-state index contributed by atoms with van der Waals surface area (Å²) >= 11 is 0.847. The first-order chi connectivity index (χ1) is 6.74. The second-order valence-corrected chi connectivity index (χ2v) is 2.42. The SMILES string of the molecule is [CH2-]c1cccc(C(=O)OCC)c1.[Cl-].[Cl][Zn+].[Li+]. The van der Waals surface area contributed by atoms with Crippen molar-refractivity contribution in [1.29, 1.82) is 0 Å². The van der Waals surface area contributed by atoms with Gasteiger partial charge in [-0.3, -0.25) is 0 Å². The quantitative estimate of drug-likeness (QED) is 0.326. The predicted molar refractivity (Wildman–Crippen MR) is 52.7 cm³/mol. The van der Waals surface area contributed by atoms with Gasteiger partial charge in [-0.15, -0.1) is 12.1 Å². The first-order valence-electron chi connectivity index (χ1n) is 4.10. The molecule has 0 aliphatic heterocycles. The Labute approximate surface area is 129 Å². The molecule has 0 aliphatic carbocycles. The van der Waals surface area contributed by atoms with E-state index >= 15 is 0 Å². The van der Waals surface area contributed by atoms with Crippen molar-refractivity contribution in [3.8, 4) is 0 Å². The van der Waals surface area contributed by atoms with Gasteiger partial charge in [0.1, 0.15) is 0 Å². The predicted octanol–water partition coefficient (Wildman–Crippen LogP) is -3.26. The van der Waals surface area contributed by atoms with Crippen LogP contribution in [0.1, 0.15) is 22.8 Å². The molecule has 6 heteroatoms. The van der Waals surface area contributed by atoms with Crippen LogP contribution in [0.4, 0.5) is 0 Å². The molecular weight excluding hydrogens is 295 g/mol. The summed E-state index contributed by atoms with van der Waals surface area (Å²) in [7, 11) is 4.76. The van der Waals surface area contributed by atoms with E-state index in [1.807, 2.05) is 6.07 Å². The van der Waals surface area contributed by atoms with E-state index in [9.17, 15) is 4.79 Å². The van der Waals surface area contributed by atoms with Gasteiger partial charge >= 0.3 is 51.8 Å². The third-order valence-electron chi connectivity index (χ3n) is 1.44. The van der Waals surface area contributed by atoms with Crippen LogP contribution in [0.2, 0.25) is 0 Å². The largest absolute Gasteiger partial charge is 1.00 e. The number of hydrogen-bond acceptors (Lipinski definition) is 2. The van der Waals surface area contributed by atoms with Gasteiger partial charge in [-0.25, -0.2) is 4.79 Å². The molecule has 0 radical (unpaired) electrons. The number of benzene rings is 1. The zero-order valence-electron chi connectivity index (χ0n) is 9.50. The number of carbonyl (C=O) groups is 1. The van der Waals surface area contributed by atoms with Crippen molar-refractivity contribution < 1.29 is 58.1 Å². The molecule has 0 saturated heterocycles. The minimum Gasteiger partial charge on any atom is 1.00 e. The molecule has 1 rings (SSSR count). The Bertz CT molecular complexity index is 298. The molecule has 0 aromatic heterocycles. The molecule has 0 spiro atoms. The van der Waals surface area contributed by atoms with Gasteiger partial charge in [-0.2, -0.15) is 18.6 Å². The zero-order chi connectivity index (χ0) is 11.0. The molecule has 0 amide bonds. The van der Waals surface area contributed by atoms with E-state index in [1.54, 1.807) is 25.1 Å². The molecule has 0 atom stereocenters. The molecule has 0 N–H and O–H groups in total. The van der Waals surface area contributed by atoms with Crippen molar-refractivity contribution in [2.75, 3.05) is 6.61 Å². The number of ether oxygens (including phenoxy) is 1. The van der Waals surface area contributed by atoms with E-state index in [-0.39, 0.29) is 37.2 Å². The Balaban J connectivity index is -0.000000399. The molecule has 0 fully saturated rings. The van der Waals surface area contributed by atoms with Crippen LogP contribution >= 0.6 is 9.69 Å². The fraction of sp³-hybridized carbons (Fsp3) is 0.200. The van der Waals surface area contributed by atoms with Crippen LogP contribution in [0, 0.1) is 6.92 Å². The van der Waals surface area contributed by atoms with E-state index < -0.39 is 0 Å². The second kappa shape index (κ2) is 13.4. The Hall–Kier alpha value is 0.361. The smallest absolute Gasteiger partial charge is 1.00 e. The summed E-state index contributed by atoms with van der Waals surface area (Å²) in [5.74, 6) is -0.289. The Morgan fingerprint density at radius 3 is 2.50 bits per heavy atom. The second-order valence-electron chi connectivity index (χ2n) is 2.42. The molecule has 0 heterocycles. The Kier molecular flexibility index (Phi) is 18.1. The van der Waals surface area contributed by atoms with Gasteiger partial charge in [0.05, 0.1) is 6.61 Å². The molecule has 80 valence electrons. The van der Waals surface area contributed by atoms with Crippen LogP contribution in [-0.2, 0) is 22.0 Å². The van der Waals surface area contributed by atoms with E-state index in [2.05, 4.69) is 6.92 Å². The average Bonchev–Trinajstić information content (AvgIpc) is 2.21. The summed E-state index contributed by atoms with van der Waals surface area (Å²) in [4.78, 5) is 11.1. The van der Waals surface area contributed by atoms with Crippen LogP contribution in [0.15, 0.2) is 24.3 Å². The average molecular weight is 306 g/mol. The van der Waals surface area contributed by atoms with Gasteiger partial charge in [0.15, 0.2) is 0 Å². The molecule has 0 bridgehead atoms. The third-order valence-corrected chi connectivity index (χ3v) is 1.44. The molecular formula is C10H11Cl2LiO2Zn. The number of carbonyl (C=O) groups excluding carboxylic acids is 1. The fourth-order valence-corrected chi connectivity index (χ4v) is 0.913. The van der Waals surface area contributed by atoms with Crippen molar-refractivity contribution in [3.63, 3.8) is 0 Å². The van der Waals surface area contributed by atoms with Gasteiger partial charge in [0.2, 0.25) is 0 Å². The number of halogens is 2. The summed E-state index contributed by atoms with van der Waals surface area (Å²) in [6, 6.07) is 7.04. The van der Waals surface area contributed by atoms with Crippen molar-refractivity contribution in [1.82, 2.24) is 0 Å². The van der Waals surface area contributed by atoms with E-state index in [1.165, 1.54) is 0 Å². The van der Waals surface area contributed by atoms with Crippen LogP contribution < -0.4 is 31.3 Å². The molecule has 1 aromatic carbocycles. The molecule has 16 heavy (non-hydrogen) atoms. The van der Waals surface area contributed by atoms with E-state index in [0.29, 0.717) is 12.2 Å². The molecule has 0 aliphatic rings. The van der Waals surface area contributed by atoms with Gasteiger partial charge in [-0.05, 0) is 6.92 Å². The maximum absolute atomic E-state index is 11.1. The van der Waals surface area contributed by atoms with E-state index in [4.69, 9.17) is 14.4 Å². The van der Waals surface area contributed by atoms with Gasteiger partial charge in [-0.1, -0.05) is 6.07 Å². The van der Waals surface area contributed by atoms with Gasteiger partial charge in [0, 0.05) is 5.56 Å². The zero-order valence-corrected chi connectivity index (χ0v) is 14.0. The van der Waals surface area contributed by atoms with Crippen molar-refractivity contribution in [2.45, 2.75) is 6.92 Å². The molecule has 2 nitrogen and oxygen atoms in total. The number of esters is 1. The van der Waals surface area contributed by atoms with Crippen LogP contribution in [-0.4, -0.2) is 12.6 Å². The van der Waals surface area contributed by atoms with Crippen LogP contribution in [0.25, 0.3) is 0 Å². The summed E-state index contributed by atoms with van der Waals surface area (Å²) < 4.78 is 4.82. The third kappa shape index (κ3) is 8.51. The maximum atomic E-state index is 11.1. The summed E-state index contributed by atoms with van der Waals surface area (Å²) in [5, 5.41) is 0. The first kappa shape index (κ1) is 21.6. The van der Waals surface area contributed by atoms with Crippen molar-refractivity contribution in [3.05, 3.63) is 42.3 Å². The van der Waals surface area contributed by atoms with Crippen LogP contribution in [0.3, 0.4) is 0 Å². The summed E-state index contributed by atoms with van der Waals surface area (Å²) in [5.41, 5.74) is 1.38. The Morgan fingerprint density at radius 1 is 1.50 bits per heavy atom. The molecule has 1 aromatic rings. The van der Waals surface area contributed by atoms with Crippen LogP contribution in [0.5, 0.6) is 0 Å². The van der Waals surface area contributed by atoms with Crippen molar-refractivity contribution >= 4 is 15.7 Å². The first-order valence-corrected chi connectivity index (χ1v) is 8.00. The van der Waals surface area contributed by atoms with Gasteiger partial charge < -0.3 is 17.1 Å². The standard InChI is InChI=1S/C10H11O2.2ClH.Li.Zn/c1-3-12-10(11)9-6-4-5-8(2)7-9;;;;/h4-7H,2-3H2,1H3;2*1H;;/q-1;;;+1;+2/p-2. The molecule has 0 saturated carbocycles. The van der Waals surface area contributed by atoms with Gasteiger partial charge in [0.25, 0.3) is 0 Å². The maximum Gasteiger partial charge on any atom is 1.00 e. The monoisotopic (exact) mass is 304 g/mol. The summed E-state index contributed by atoms with van der Waals surface area (Å²) in [6.45, 7) is 5.90.